The number of carbonyl (C=O) groups excluding carboxylic acids is 3. The van der Waals surface area contributed by atoms with Crippen molar-refractivity contribution < 1.29 is 33.3 Å². The molecule has 2 amide bonds. The number of esters is 1. The van der Waals surface area contributed by atoms with E-state index >= 15 is 0 Å². The van der Waals surface area contributed by atoms with Crippen molar-refractivity contribution in [2.45, 2.75) is 44.6 Å². The topological polar surface area (TPSA) is 116 Å². The molecule has 2 heterocycles. The molecular weight excluding hydrogens is 514 g/mol. The Morgan fingerprint density at radius 1 is 1.10 bits per heavy atom. The first-order chi connectivity index (χ1) is 19.0. The Kier molecular flexibility index (Phi) is 8.90. The van der Waals surface area contributed by atoms with Gasteiger partial charge in [0.1, 0.15) is 11.4 Å². The molecule has 1 spiro atoms. The molecule has 1 aromatic heterocycles. The molecule has 0 unspecified atom stereocenters. The third-order valence-electron chi connectivity index (χ3n) is 6.88. The maximum Gasteiger partial charge on any atom is 0.410 e. The molecule has 0 saturated carbocycles. The average molecular weight is 552 g/mol. The summed E-state index contributed by atoms with van der Waals surface area (Å²) in [4.78, 5) is 43.0. The van der Waals surface area contributed by atoms with Gasteiger partial charge in [-0.15, -0.1) is 0 Å². The number of ether oxygens (including phenoxy) is 4. The highest BCUT2D eigenvalue weighted by atomic mass is 16.6. The molecule has 10 heteroatoms. The number of benzene rings is 1. The van der Waals surface area contributed by atoms with Gasteiger partial charge in [0.2, 0.25) is 5.91 Å². The molecule has 0 saturated heterocycles. The maximum atomic E-state index is 13.1. The van der Waals surface area contributed by atoms with Crippen LogP contribution in [-0.2, 0) is 42.0 Å². The lowest BCUT2D eigenvalue weighted by atomic mass is 9.79. The minimum atomic E-state index is -0.741. The van der Waals surface area contributed by atoms with E-state index in [1.807, 2.05) is 51.1 Å². The van der Waals surface area contributed by atoms with Crippen LogP contribution in [0.5, 0.6) is 0 Å². The molecule has 2 aromatic rings. The second kappa shape index (κ2) is 12.2. The molecule has 4 rings (SSSR count). The van der Waals surface area contributed by atoms with Crippen molar-refractivity contribution in [2.24, 2.45) is 0 Å². The van der Waals surface area contributed by atoms with E-state index in [-0.39, 0.29) is 12.0 Å². The van der Waals surface area contributed by atoms with E-state index in [1.54, 1.807) is 19.3 Å². The molecular formula is C30H37N3O7. The van der Waals surface area contributed by atoms with Crippen molar-refractivity contribution in [3.63, 3.8) is 0 Å². The number of carbonyl (C=O) groups is 3. The van der Waals surface area contributed by atoms with Crippen LogP contribution in [0.4, 0.5) is 10.6 Å². The zero-order valence-corrected chi connectivity index (χ0v) is 23.7. The zero-order valence-electron chi connectivity index (χ0n) is 23.7. The van der Waals surface area contributed by atoms with Crippen molar-refractivity contribution in [1.82, 2.24) is 9.88 Å². The summed E-state index contributed by atoms with van der Waals surface area (Å²) in [6.07, 6.45) is 6.19. The Hall–Kier alpha value is -3.76. The Bertz CT molecular complexity index is 1300. The predicted octanol–water partition coefficient (Wildman–Crippen LogP) is 3.77. The van der Waals surface area contributed by atoms with Gasteiger partial charge in [-0.05, 0) is 68.5 Å². The van der Waals surface area contributed by atoms with Crippen molar-refractivity contribution in [2.75, 3.05) is 52.4 Å². The van der Waals surface area contributed by atoms with Crippen LogP contribution < -0.4 is 5.32 Å². The van der Waals surface area contributed by atoms with Crippen molar-refractivity contribution in [3.8, 4) is 0 Å². The van der Waals surface area contributed by atoms with Crippen molar-refractivity contribution in [3.05, 3.63) is 64.4 Å². The number of pyridine rings is 1. The summed E-state index contributed by atoms with van der Waals surface area (Å²) < 4.78 is 21.3. The zero-order chi connectivity index (χ0) is 28.9. The smallest absolute Gasteiger partial charge is 0.410 e. The maximum absolute atomic E-state index is 13.1. The highest BCUT2D eigenvalue weighted by Crippen LogP contribution is 2.47. The molecule has 10 nitrogen and oxygen atoms in total. The van der Waals surface area contributed by atoms with Gasteiger partial charge in [0.05, 0.1) is 44.5 Å². The monoisotopic (exact) mass is 551 g/mol. The van der Waals surface area contributed by atoms with E-state index in [0.717, 1.165) is 22.3 Å². The lowest BCUT2D eigenvalue weighted by Crippen LogP contribution is -2.36. The Balaban J connectivity index is 1.25. The van der Waals surface area contributed by atoms with Gasteiger partial charge >= 0.3 is 12.1 Å². The second-order valence-electron chi connectivity index (χ2n) is 11.0. The van der Waals surface area contributed by atoms with Gasteiger partial charge in [-0.25, -0.2) is 14.6 Å². The van der Waals surface area contributed by atoms with Gasteiger partial charge in [0, 0.05) is 25.4 Å². The minimum Gasteiger partial charge on any atom is -0.465 e. The summed E-state index contributed by atoms with van der Waals surface area (Å²) in [5.74, 6) is 0.107. The van der Waals surface area contributed by atoms with E-state index in [9.17, 15) is 14.4 Å². The van der Waals surface area contributed by atoms with Crippen LogP contribution in [0.2, 0.25) is 0 Å². The average Bonchev–Trinajstić information content (AvgIpc) is 3.42. The standard InChI is InChI=1S/C30H37N3O7/c1-29(2,3)40-28(36)33(4)10-12-39-14-13-38-11-6-7-20-15-24-25(31-19-20)32-27(35)30(24)17-22-9-8-21(26(34)37-5)16-23(22)18-30/h6-9,15-16,19H,10-14,17-18H2,1-5H3,(H,31,32,35)/b7-6+/t30-/m0/s1. The number of hydrogen-bond donors (Lipinski definition) is 1. The van der Waals surface area contributed by atoms with E-state index < -0.39 is 17.0 Å². The van der Waals surface area contributed by atoms with Gasteiger partial charge < -0.3 is 29.2 Å². The minimum absolute atomic E-state index is 0.0763. The van der Waals surface area contributed by atoms with E-state index in [4.69, 9.17) is 18.9 Å². The number of amides is 2. The molecule has 1 aliphatic heterocycles. The summed E-state index contributed by atoms with van der Waals surface area (Å²) in [6.45, 7) is 7.51. The normalized spacial score (nSPS) is 17.6. The molecule has 0 radical (unpaired) electrons. The summed E-state index contributed by atoms with van der Waals surface area (Å²) in [5, 5.41) is 2.93. The molecule has 1 aromatic carbocycles. The van der Waals surface area contributed by atoms with Crippen LogP contribution in [0, 0.1) is 0 Å². The molecule has 0 fully saturated rings. The Labute approximate surface area is 234 Å². The predicted molar refractivity (Wildman–Crippen MR) is 149 cm³/mol. The van der Waals surface area contributed by atoms with Crippen LogP contribution in [0.25, 0.3) is 6.08 Å². The van der Waals surface area contributed by atoms with E-state index in [0.29, 0.717) is 57.2 Å². The van der Waals surface area contributed by atoms with Gasteiger partial charge in [0.25, 0.3) is 0 Å². The van der Waals surface area contributed by atoms with Gasteiger partial charge in [0.15, 0.2) is 0 Å². The first kappa shape index (κ1) is 29.2. The first-order valence-corrected chi connectivity index (χ1v) is 13.3. The van der Waals surface area contributed by atoms with Crippen LogP contribution >= 0.6 is 0 Å². The molecule has 214 valence electrons. The van der Waals surface area contributed by atoms with E-state index in [1.165, 1.54) is 12.0 Å². The SMILES string of the molecule is COC(=O)c1ccc2c(c1)C[C@]1(C2)C(=O)Nc2ncc(/C=C/COCCOCCN(C)C(=O)OC(C)(C)C)cc21. The summed E-state index contributed by atoms with van der Waals surface area (Å²) in [5.41, 5.74) is 2.95. The van der Waals surface area contributed by atoms with E-state index in [2.05, 4.69) is 10.3 Å². The Morgan fingerprint density at radius 2 is 1.85 bits per heavy atom. The van der Waals surface area contributed by atoms with Crippen LogP contribution in [0.15, 0.2) is 36.5 Å². The molecule has 1 aliphatic carbocycles. The quantitative estimate of drug-likeness (QED) is 0.351. The number of aromatic nitrogens is 1. The summed E-state index contributed by atoms with van der Waals surface area (Å²) in [7, 11) is 3.03. The number of methoxy groups -OCH3 is 1. The lowest BCUT2D eigenvalue weighted by Gasteiger charge is -2.24. The number of hydrogen-bond acceptors (Lipinski definition) is 8. The second-order valence-corrected chi connectivity index (χ2v) is 11.0. The fourth-order valence-electron chi connectivity index (χ4n) is 4.85. The molecule has 2 aliphatic rings. The third kappa shape index (κ3) is 6.68. The number of nitrogens with zero attached hydrogens (tertiary/aromatic N) is 2. The number of likely N-dealkylation sites (N-methyl/N-ethyl adjacent to an activating group) is 1. The number of anilines is 1. The largest absolute Gasteiger partial charge is 0.465 e. The van der Waals surface area contributed by atoms with Crippen molar-refractivity contribution in [1.29, 1.82) is 0 Å². The van der Waals surface area contributed by atoms with Gasteiger partial charge in [-0.2, -0.15) is 0 Å². The molecule has 1 N–H and O–H groups in total. The number of rotatable bonds is 10. The van der Waals surface area contributed by atoms with Crippen molar-refractivity contribution >= 4 is 29.9 Å². The fourth-order valence-corrected chi connectivity index (χ4v) is 4.85. The molecule has 1 atom stereocenters. The summed E-state index contributed by atoms with van der Waals surface area (Å²) >= 11 is 0. The third-order valence-corrected chi connectivity index (χ3v) is 6.88. The number of nitrogens with one attached hydrogen (secondary N) is 1. The van der Waals surface area contributed by atoms with Gasteiger partial charge in [-0.1, -0.05) is 18.2 Å². The highest BCUT2D eigenvalue weighted by Gasteiger charge is 2.51. The molecule has 40 heavy (non-hydrogen) atoms. The van der Waals surface area contributed by atoms with Gasteiger partial charge in [-0.3, -0.25) is 4.79 Å². The first-order valence-electron chi connectivity index (χ1n) is 13.3. The number of fused-ring (bicyclic) bond motifs is 3. The highest BCUT2D eigenvalue weighted by molar-refractivity contribution is 6.06. The lowest BCUT2D eigenvalue weighted by molar-refractivity contribution is -0.120. The fraction of sp³-hybridized carbons (Fsp3) is 0.467. The van der Waals surface area contributed by atoms with Crippen LogP contribution in [0.3, 0.4) is 0 Å². The van der Waals surface area contributed by atoms with Crippen LogP contribution in [-0.4, -0.2) is 80.6 Å². The molecule has 0 bridgehead atoms. The summed E-state index contributed by atoms with van der Waals surface area (Å²) in [6, 6.07) is 7.45. The Morgan fingerprint density at radius 3 is 2.60 bits per heavy atom. The van der Waals surface area contributed by atoms with Crippen LogP contribution in [0.1, 0.15) is 53.4 Å².